The minimum Gasteiger partial charge on any atom is -0.335 e. The third-order valence-electron chi connectivity index (χ3n) is 2.40. The summed E-state index contributed by atoms with van der Waals surface area (Å²) in [5.41, 5.74) is 1.27. The van der Waals surface area contributed by atoms with E-state index < -0.39 is 11.3 Å². The number of hydrogen-bond donors (Lipinski definition) is 3. The Labute approximate surface area is 131 Å². The molecular formula is C12H11Cl3N4O. The highest BCUT2D eigenvalue weighted by Gasteiger charge is 2.29. The first-order valence-corrected chi connectivity index (χ1v) is 6.75. The van der Waals surface area contributed by atoms with Gasteiger partial charge in [-0.25, -0.2) is 9.79 Å². The second kappa shape index (κ2) is 5.91. The summed E-state index contributed by atoms with van der Waals surface area (Å²) in [4.78, 5) is 15.8. The van der Waals surface area contributed by atoms with Gasteiger partial charge in [-0.15, -0.1) is 0 Å². The summed E-state index contributed by atoms with van der Waals surface area (Å²) < 4.78 is 0. The number of benzene rings is 1. The second-order valence-corrected chi connectivity index (χ2v) is 5.44. The summed E-state index contributed by atoms with van der Waals surface area (Å²) in [6, 6.07) is 4.21. The Balaban J connectivity index is 2.01. The Hall–Kier alpha value is -1.43. The highest BCUT2D eigenvalue weighted by atomic mass is 35.5. The smallest absolute Gasteiger partial charge is 0.323 e. The van der Waals surface area contributed by atoms with Crippen molar-refractivity contribution in [1.29, 1.82) is 0 Å². The molecule has 20 heavy (non-hydrogen) atoms. The quantitative estimate of drug-likeness (QED) is 0.572. The van der Waals surface area contributed by atoms with Gasteiger partial charge in [0.05, 0.1) is 10.0 Å². The van der Waals surface area contributed by atoms with E-state index in [-0.39, 0.29) is 0 Å². The third kappa shape index (κ3) is 3.79. The van der Waals surface area contributed by atoms with Gasteiger partial charge in [-0.1, -0.05) is 23.2 Å². The van der Waals surface area contributed by atoms with Crippen molar-refractivity contribution in [2.45, 2.75) is 12.2 Å². The van der Waals surface area contributed by atoms with Crippen LogP contribution in [0.3, 0.4) is 0 Å². The maximum Gasteiger partial charge on any atom is 0.323 e. The van der Waals surface area contributed by atoms with Gasteiger partial charge in [0.25, 0.3) is 5.25 Å². The fraction of sp³-hybridized carbons (Fsp3) is 0.167. The summed E-state index contributed by atoms with van der Waals surface area (Å²) in [5.74, 6) is 0. The molecule has 8 heteroatoms. The predicted octanol–water partition coefficient (Wildman–Crippen LogP) is 3.54. The molecule has 1 aromatic carbocycles. The molecule has 0 bridgehead atoms. The van der Waals surface area contributed by atoms with Gasteiger partial charge >= 0.3 is 6.03 Å². The van der Waals surface area contributed by atoms with Gasteiger partial charge in [0.1, 0.15) is 0 Å². The number of anilines is 1. The molecule has 0 saturated carbocycles. The molecule has 1 atom stereocenters. The highest BCUT2D eigenvalue weighted by Crippen LogP contribution is 2.25. The number of rotatable bonds is 2. The fourth-order valence-electron chi connectivity index (χ4n) is 1.54. The molecule has 2 amide bonds. The average molecular weight is 334 g/mol. The summed E-state index contributed by atoms with van der Waals surface area (Å²) in [7, 11) is 0. The molecule has 0 aliphatic carbocycles. The number of urea groups is 1. The zero-order chi connectivity index (χ0) is 14.8. The largest absolute Gasteiger partial charge is 0.335 e. The van der Waals surface area contributed by atoms with Crippen LogP contribution < -0.4 is 16.0 Å². The van der Waals surface area contributed by atoms with Crippen LogP contribution in [-0.2, 0) is 0 Å². The van der Waals surface area contributed by atoms with Crippen LogP contribution in [0.5, 0.6) is 0 Å². The van der Waals surface area contributed by atoms with Crippen LogP contribution in [0.25, 0.3) is 0 Å². The lowest BCUT2D eigenvalue weighted by Gasteiger charge is -2.28. The third-order valence-corrected chi connectivity index (χ3v) is 3.42. The number of alkyl halides is 1. The summed E-state index contributed by atoms with van der Waals surface area (Å²) >= 11 is 17.8. The zero-order valence-corrected chi connectivity index (χ0v) is 12.6. The van der Waals surface area contributed by atoms with Crippen molar-refractivity contribution in [3.63, 3.8) is 0 Å². The van der Waals surface area contributed by atoms with E-state index in [0.717, 1.165) is 5.70 Å². The topological polar surface area (TPSA) is 65.5 Å². The molecule has 0 fully saturated rings. The lowest BCUT2D eigenvalue weighted by Crippen LogP contribution is -2.54. The number of nitrogens with one attached hydrogen (secondary N) is 3. The number of amides is 2. The second-order valence-electron chi connectivity index (χ2n) is 4.08. The van der Waals surface area contributed by atoms with Crippen LogP contribution in [0.1, 0.15) is 6.92 Å². The Bertz CT molecular complexity index is 602. The minimum absolute atomic E-state index is 0.345. The molecule has 0 spiro atoms. The van der Waals surface area contributed by atoms with Crippen molar-refractivity contribution in [2.24, 2.45) is 4.99 Å². The van der Waals surface area contributed by atoms with Gasteiger partial charge < -0.3 is 10.6 Å². The number of carbonyl (C=O) groups is 1. The number of allylic oxidation sites excluding steroid dienone is 2. The molecule has 1 heterocycles. The first-order valence-electron chi connectivity index (χ1n) is 5.61. The molecule has 0 saturated heterocycles. The number of carbonyl (C=O) groups excluding carboxylic acids is 1. The van der Waals surface area contributed by atoms with Crippen molar-refractivity contribution >= 4 is 52.7 Å². The van der Waals surface area contributed by atoms with E-state index in [1.165, 1.54) is 12.3 Å². The number of nitrogens with zero attached hydrogens (tertiary/aromatic N) is 1. The van der Waals surface area contributed by atoms with E-state index in [4.69, 9.17) is 34.8 Å². The van der Waals surface area contributed by atoms with E-state index in [0.29, 0.717) is 15.7 Å². The van der Waals surface area contributed by atoms with Gasteiger partial charge in [0.15, 0.2) is 0 Å². The van der Waals surface area contributed by atoms with Crippen LogP contribution in [0.15, 0.2) is 35.0 Å². The van der Waals surface area contributed by atoms with Crippen LogP contribution in [0, 0.1) is 0 Å². The molecule has 3 N–H and O–H groups in total. The number of hydrogen-bond acceptors (Lipinski definition) is 3. The Morgan fingerprint density at radius 3 is 2.75 bits per heavy atom. The molecule has 1 unspecified atom stereocenters. The van der Waals surface area contributed by atoms with E-state index in [2.05, 4.69) is 20.9 Å². The van der Waals surface area contributed by atoms with E-state index in [1.807, 2.05) is 0 Å². The molecule has 1 aliphatic rings. The maximum atomic E-state index is 11.9. The zero-order valence-electron chi connectivity index (χ0n) is 10.4. The monoisotopic (exact) mass is 332 g/mol. The van der Waals surface area contributed by atoms with E-state index >= 15 is 0 Å². The van der Waals surface area contributed by atoms with Gasteiger partial charge in [-0.3, -0.25) is 5.32 Å². The molecule has 0 radical (unpaired) electrons. The predicted molar refractivity (Wildman–Crippen MR) is 82.6 cm³/mol. The van der Waals surface area contributed by atoms with Crippen molar-refractivity contribution in [1.82, 2.24) is 10.6 Å². The number of halogens is 3. The van der Waals surface area contributed by atoms with Crippen LogP contribution >= 0.6 is 34.8 Å². The standard InChI is InChI=1S/C12H11Cl3N4O/c1-7-4-5-16-12(15,18-7)19-11(20)17-8-2-3-9(13)10(14)6-8/h2-6,18H,1H3,(H2,17,19,20). The molecule has 2 rings (SSSR count). The average Bonchev–Trinajstić information content (AvgIpc) is 2.32. The highest BCUT2D eigenvalue weighted by molar-refractivity contribution is 6.42. The van der Waals surface area contributed by atoms with Crippen molar-refractivity contribution < 1.29 is 4.79 Å². The van der Waals surface area contributed by atoms with Crippen molar-refractivity contribution in [3.8, 4) is 0 Å². The van der Waals surface area contributed by atoms with Crippen LogP contribution in [-0.4, -0.2) is 17.5 Å². The van der Waals surface area contributed by atoms with Gasteiger partial charge in [-0.05, 0) is 42.8 Å². The molecule has 5 nitrogen and oxygen atoms in total. The molecule has 1 aromatic rings. The van der Waals surface area contributed by atoms with E-state index in [9.17, 15) is 4.79 Å². The summed E-state index contributed by atoms with van der Waals surface area (Å²) in [5, 5.41) is 7.27. The van der Waals surface area contributed by atoms with Crippen molar-refractivity contribution in [3.05, 3.63) is 40.0 Å². The summed E-state index contributed by atoms with van der Waals surface area (Å²) in [6.45, 7) is 1.81. The summed E-state index contributed by atoms with van der Waals surface area (Å²) in [6.07, 6.45) is 3.25. The van der Waals surface area contributed by atoms with Crippen LogP contribution in [0.4, 0.5) is 10.5 Å². The molecular weight excluding hydrogens is 323 g/mol. The first kappa shape index (κ1) is 15.0. The first-order chi connectivity index (χ1) is 9.38. The van der Waals surface area contributed by atoms with Gasteiger partial charge in [0.2, 0.25) is 0 Å². The van der Waals surface area contributed by atoms with Gasteiger partial charge in [-0.2, -0.15) is 0 Å². The minimum atomic E-state index is -1.40. The molecule has 0 aromatic heterocycles. The van der Waals surface area contributed by atoms with Crippen molar-refractivity contribution in [2.75, 3.05) is 5.32 Å². The lowest BCUT2D eigenvalue weighted by molar-refractivity contribution is 0.244. The Kier molecular flexibility index (Phi) is 4.42. The fourth-order valence-corrected chi connectivity index (χ4v) is 2.13. The maximum absolute atomic E-state index is 11.9. The molecule has 1 aliphatic heterocycles. The normalized spacial score (nSPS) is 20.9. The Morgan fingerprint density at radius 1 is 1.35 bits per heavy atom. The number of aliphatic imine (C=N–C) groups is 1. The van der Waals surface area contributed by atoms with Crippen LogP contribution in [0.2, 0.25) is 10.0 Å². The SMILES string of the molecule is CC1=CC=NC(Cl)(NC(=O)Nc2ccc(Cl)c(Cl)c2)N1. The van der Waals surface area contributed by atoms with E-state index in [1.54, 1.807) is 25.1 Å². The molecule has 106 valence electrons. The Morgan fingerprint density at radius 2 is 2.10 bits per heavy atom. The van der Waals surface area contributed by atoms with Gasteiger partial charge in [0, 0.05) is 17.6 Å². The lowest BCUT2D eigenvalue weighted by atomic mass is 10.3.